The Hall–Kier alpha value is -0.440. The minimum absolute atomic E-state index is 0.498. The smallest absolute Gasteiger partial charge is 0.0642 e. The molecular weight excluding hydrogens is 267 g/mol. The van der Waals surface area contributed by atoms with Crippen LogP contribution in [0.5, 0.6) is 0 Å². The van der Waals surface area contributed by atoms with Crippen molar-refractivity contribution in [3.05, 3.63) is 28.8 Å². The van der Waals surface area contributed by atoms with E-state index in [2.05, 4.69) is 30.8 Å². The van der Waals surface area contributed by atoms with Crippen molar-refractivity contribution in [2.24, 2.45) is 0 Å². The highest BCUT2D eigenvalue weighted by molar-refractivity contribution is 6.33. The number of likely N-dealkylation sites (N-methyl/N-ethyl adjacent to an activating group) is 1. The summed E-state index contributed by atoms with van der Waals surface area (Å²) in [7, 11) is 4.17. The summed E-state index contributed by atoms with van der Waals surface area (Å²) in [4.78, 5) is 4.51. The van der Waals surface area contributed by atoms with Crippen molar-refractivity contribution in [2.75, 3.05) is 38.6 Å². The molecule has 0 heterocycles. The molecule has 0 atom stereocenters. The second-order valence-corrected chi connectivity index (χ2v) is 5.35. The lowest BCUT2D eigenvalue weighted by Gasteiger charge is -2.28. The maximum Gasteiger partial charge on any atom is 0.0642 e. The normalized spacial score (nSPS) is 11.0. The first kappa shape index (κ1) is 15.6. The molecule has 2 nitrogen and oxygen atoms in total. The summed E-state index contributed by atoms with van der Waals surface area (Å²) >= 11 is 12.4. The van der Waals surface area contributed by atoms with E-state index < -0.39 is 0 Å². The molecule has 0 N–H and O–H groups in total. The zero-order chi connectivity index (χ0) is 13.5. The van der Waals surface area contributed by atoms with Crippen LogP contribution in [0.1, 0.15) is 18.9 Å². The molecule has 0 aromatic heterocycles. The van der Waals surface area contributed by atoms with Gasteiger partial charge >= 0.3 is 0 Å². The molecule has 1 aromatic rings. The Balaban J connectivity index is 2.96. The number of anilines is 1. The molecule has 0 radical (unpaired) electrons. The molecule has 1 rings (SSSR count). The highest BCUT2D eigenvalue weighted by Crippen LogP contribution is 2.31. The lowest BCUT2D eigenvalue weighted by Crippen LogP contribution is -2.33. The molecular formula is C14H22Cl2N2. The third-order valence-electron chi connectivity index (χ3n) is 2.84. The predicted octanol–water partition coefficient (Wildman–Crippen LogP) is 3.86. The fourth-order valence-electron chi connectivity index (χ4n) is 1.95. The highest BCUT2D eigenvalue weighted by atomic mass is 35.5. The molecule has 0 saturated heterocycles. The van der Waals surface area contributed by atoms with Crippen molar-refractivity contribution in [3.63, 3.8) is 0 Å². The Labute approximate surface area is 120 Å². The van der Waals surface area contributed by atoms with Crippen LogP contribution >= 0.6 is 23.2 Å². The van der Waals surface area contributed by atoms with Gasteiger partial charge in [0.15, 0.2) is 0 Å². The van der Waals surface area contributed by atoms with Crippen molar-refractivity contribution in [3.8, 4) is 0 Å². The van der Waals surface area contributed by atoms with Crippen LogP contribution in [0.2, 0.25) is 5.02 Å². The van der Waals surface area contributed by atoms with Crippen molar-refractivity contribution in [1.82, 2.24) is 4.90 Å². The van der Waals surface area contributed by atoms with Crippen LogP contribution in [0, 0.1) is 0 Å². The van der Waals surface area contributed by atoms with Crippen LogP contribution in [0.3, 0.4) is 0 Å². The first-order chi connectivity index (χ1) is 8.60. The van der Waals surface area contributed by atoms with Crippen molar-refractivity contribution in [2.45, 2.75) is 19.2 Å². The summed E-state index contributed by atoms with van der Waals surface area (Å²) in [5.74, 6) is 0.498. The Bertz CT molecular complexity index is 367. The van der Waals surface area contributed by atoms with Gasteiger partial charge in [0.05, 0.1) is 10.7 Å². The summed E-state index contributed by atoms with van der Waals surface area (Å²) in [5.41, 5.74) is 2.20. The van der Waals surface area contributed by atoms with Crippen LogP contribution < -0.4 is 4.90 Å². The standard InChI is InChI=1S/C14H22Cl2N2/c1-4-8-18(10-9-17(2)3)14-12(11-15)6-5-7-13(14)16/h5-7H,4,8-11H2,1-3H3. The number of rotatable bonds is 7. The molecule has 0 amide bonds. The minimum atomic E-state index is 0.498. The average Bonchev–Trinajstić information content (AvgIpc) is 2.34. The van der Waals surface area contributed by atoms with Gasteiger partial charge in [-0.05, 0) is 32.1 Å². The summed E-state index contributed by atoms with van der Waals surface area (Å²) in [6, 6.07) is 5.94. The van der Waals surface area contributed by atoms with Gasteiger partial charge in [0.25, 0.3) is 0 Å². The van der Waals surface area contributed by atoms with Crippen LogP contribution in [-0.2, 0) is 5.88 Å². The highest BCUT2D eigenvalue weighted by Gasteiger charge is 2.14. The Kier molecular flexibility index (Phi) is 6.83. The van der Waals surface area contributed by atoms with E-state index in [0.29, 0.717) is 5.88 Å². The topological polar surface area (TPSA) is 6.48 Å². The van der Waals surface area contributed by atoms with E-state index in [1.165, 1.54) is 0 Å². The van der Waals surface area contributed by atoms with Gasteiger partial charge in [0.1, 0.15) is 0 Å². The van der Waals surface area contributed by atoms with Crippen molar-refractivity contribution >= 4 is 28.9 Å². The Morgan fingerprint density at radius 3 is 2.39 bits per heavy atom. The van der Waals surface area contributed by atoms with Gasteiger partial charge in [0.2, 0.25) is 0 Å². The number of hydrogen-bond donors (Lipinski definition) is 0. The molecule has 0 aliphatic heterocycles. The maximum absolute atomic E-state index is 6.34. The van der Waals surface area contributed by atoms with Gasteiger partial charge in [-0.25, -0.2) is 0 Å². The van der Waals surface area contributed by atoms with Gasteiger partial charge in [-0.15, -0.1) is 11.6 Å². The molecule has 0 aliphatic carbocycles. The van der Waals surface area contributed by atoms with Crippen LogP contribution in [-0.4, -0.2) is 38.6 Å². The SMILES string of the molecule is CCCN(CCN(C)C)c1c(Cl)cccc1CCl. The fraction of sp³-hybridized carbons (Fsp3) is 0.571. The Morgan fingerprint density at radius 1 is 1.11 bits per heavy atom. The molecule has 0 bridgehead atoms. The summed E-state index contributed by atoms with van der Waals surface area (Å²) in [6.07, 6.45) is 1.10. The molecule has 0 spiro atoms. The molecule has 1 aromatic carbocycles. The first-order valence-electron chi connectivity index (χ1n) is 6.33. The summed E-state index contributed by atoms with van der Waals surface area (Å²) in [6.45, 7) is 5.16. The van der Waals surface area contributed by atoms with E-state index in [1.54, 1.807) is 0 Å². The fourth-order valence-corrected chi connectivity index (χ4v) is 2.48. The number of nitrogens with zero attached hydrogens (tertiary/aromatic N) is 2. The van der Waals surface area contributed by atoms with E-state index >= 15 is 0 Å². The van der Waals surface area contributed by atoms with E-state index in [9.17, 15) is 0 Å². The number of alkyl halides is 1. The van der Waals surface area contributed by atoms with Crippen LogP contribution in [0.4, 0.5) is 5.69 Å². The van der Waals surface area contributed by atoms with Gasteiger partial charge < -0.3 is 9.80 Å². The second-order valence-electron chi connectivity index (χ2n) is 4.67. The second kappa shape index (κ2) is 7.88. The minimum Gasteiger partial charge on any atom is -0.369 e. The van der Waals surface area contributed by atoms with Crippen LogP contribution in [0.25, 0.3) is 0 Å². The molecule has 0 unspecified atom stereocenters. The first-order valence-corrected chi connectivity index (χ1v) is 7.24. The number of halogens is 2. The van der Waals surface area contributed by atoms with Gasteiger partial charge in [-0.3, -0.25) is 0 Å². The third kappa shape index (κ3) is 4.34. The molecule has 102 valence electrons. The Morgan fingerprint density at radius 2 is 1.83 bits per heavy atom. The molecule has 0 aliphatic rings. The number of para-hydroxylation sites is 1. The third-order valence-corrected chi connectivity index (χ3v) is 3.43. The van der Waals surface area contributed by atoms with E-state index in [1.807, 2.05) is 18.2 Å². The largest absolute Gasteiger partial charge is 0.369 e. The zero-order valence-electron chi connectivity index (χ0n) is 11.4. The molecule has 0 fully saturated rings. The van der Waals surface area contributed by atoms with Gasteiger partial charge in [0, 0.05) is 25.5 Å². The summed E-state index contributed by atoms with van der Waals surface area (Å²) < 4.78 is 0. The number of benzene rings is 1. The van der Waals surface area contributed by atoms with E-state index in [4.69, 9.17) is 23.2 Å². The van der Waals surface area contributed by atoms with Crippen molar-refractivity contribution < 1.29 is 0 Å². The quantitative estimate of drug-likeness (QED) is 0.703. The maximum atomic E-state index is 6.34. The van der Waals surface area contributed by atoms with E-state index in [-0.39, 0.29) is 0 Å². The molecule has 18 heavy (non-hydrogen) atoms. The lowest BCUT2D eigenvalue weighted by atomic mass is 10.1. The molecule has 4 heteroatoms. The van der Waals surface area contributed by atoms with Gasteiger partial charge in [-0.1, -0.05) is 30.7 Å². The van der Waals surface area contributed by atoms with E-state index in [0.717, 1.165) is 42.3 Å². The monoisotopic (exact) mass is 288 g/mol. The van der Waals surface area contributed by atoms with Crippen molar-refractivity contribution in [1.29, 1.82) is 0 Å². The molecule has 0 saturated carbocycles. The van der Waals surface area contributed by atoms with Crippen LogP contribution in [0.15, 0.2) is 18.2 Å². The summed E-state index contributed by atoms with van der Waals surface area (Å²) in [5, 5.41) is 0.792. The number of hydrogen-bond acceptors (Lipinski definition) is 2. The average molecular weight is 289 g/mol. The predicted molar refractivity (Wildman–Crippen MR) is 82.1 cm³/mol. The van der Waals surface area contributed by atoms with Gasteiger partial charge in [-0.2, -0.15) is 0 Å². The zero-order valence-corrected chi connectivity index (χ0v) is 12.9. The lowest BCUT2D eigenvalue weighted by molar-refractivity contribution is 0.413.